The molecule has 0 bridgehead atoms. The van der Waals surface area contributed by atoms with Gasteiger partial charge < -0.3 is 5.32 Å². The molecular formula is C15H16ClNO. The van der Waals surface area contributed by atoms with E-state index in [1.54, 1.807) is 6.92 Å². The third-order valence-electron chi connectivity index (χ3n) is 3.01. The maximum absolute atomic E-state index is 11.6. The zero-order valence-electron chi connectivity index (χ0n) is 10.5. The molecule has 0 aliphatic heterocycles. The van der Waals surface area contributed by atoms with Crippen LogP contribution in [0.15, 0.2) is 42.5 Å². The normalized spacial score (nSPS) is 14.2. The van der Waals surface area contributed by atoms with Gasteiger partial charge in [-0.25, -0.2) is 0 Å². The minimum absolute atomic E-state index is 0.0511. The number of alkyl halides is 1. The first-order valence-corrected chi connectivity index (χ1v) is 6.45. The van der Waals surface area contributed by atoms with Crippen molar-refractivity contribution in [2.45, 2.75) is 25.3 Å². The Balaban J connectivity index is 2.33. The predicted molar refractivity (Wildman–Crippen MR) is 75.8 cm³/mol. The van der Waals surface area contributed by atoms with Gasteiger partial charge in [0.2, 0.25) is 5.91 Å². The van der Waals surface area contributed by atoms with Gasteiger partial charge in [-0.2, -0.15) is 0 Å². The molecule has 0 saturated carbocycles. The molecule has 2 rings (SSSR count). The van der Waals surface area contributed by atoms with Crippen LogP contribution in [0.5, 0.6) is 0 Å². The zero-order chi connectivity index (χ0) is 13.1. The molecule has 1 amide bonds. The summed E-state index contributed by atoms with van der Waals surface area (Å²) >= 11 is 5.77. The van der Waals surface area contributed by atoms with Gasteiger partial charge >= 0.3 is 0 Å². The van der Waals surface area contributed by atoms with Crippen molar-refractivity contribution in [2.75, 3.05) is 0 Å². The van der Waals surface area contributed by atoms with Gasteiger partial charge in [-0.15, -0.1) is 11.6 Å². The van der Waals surface area contributed by atoms with E-state index in [-0.39, 0.29) is 11.9 Å². The smallest absolute Gasteiger partial charge is 0.238 e. The number of hydrogen-bond acceptors (Lipinski definition) is 1. The quantitative estimate of drug-likeness (QED) is 0.840. The molecule has 2 aromatic carbocycles. The van der Waals surface area contributed by atoms with Gasteiger partial charge in [0.25, 0.3) is 0 Å². The molecule has 2 aromatic rings. The zero-order valence-corrected chi connectivity index (χ0v) is 11.2. The van der Waals surface area contributed by atoms with E-state index in [0.717, 1.165) is 10.9 Å². The van der Waals surface area contributed by atoms with E-state index in [9.17, 15) is 4.79 Å². The summed E-state index contributed by atoms with van der Waals surface area (Å²) in [6, 6.07) is 14.2. The minimum Gasteiger partial charge on any atom is -0.348 e. The van der Waals surface area contributed by atoms with Gasteiger partial charge in [0, 0.05) is 0 Å². The van der Waals surface area contributed by atoms with Crippen molar-refractivity contribution in [2.24, 2.45) is 0 Å². The van der Waals surface area contributed by atoms with Crippen molar-refractivity contribution >= 4 is 28.3 Å². The lowest BCUT2D eigenvalue weighted by Gasteiger charge is -2.17. The molecule has 0 saturated heterocycles. The molecule has 1 N–H and O–H groups in total. The van der Waals surface area contributed by atoms with E-state index in [1.807, 2.05) is 31.2 Å². The number of benzene rings is 2. The van der Waals surface area contributed by atoms with Gasteiger partial charge in [0.15, 0.2) is 0 Å². The topological polar surface area (TPSA) is 29.1 Å². The van der Waals surface area contributed by atoms with Crippen molar-refractivity contribution < 1.29 is 4.79 Å². The number of carbonyl (C=O) groups is 1. The van der Waals surface area contributed by atoms with Crippen molar-refractivity contribution in [3.8, 4) is 0 Å². The number of fused-ring (bicyclic) bond motifs is 1. The molecule has 0 unspecified atom stereocenters. The van der Waals surface area contributed by atoms with Crippen molar-refractivity contribution in [3.63, 3.8) is 0 Å². The number of rotatable bonds is 3. The highest BCUT2D eigenvalue weighted by molar-refractivity contribution is 6.30. The molecule has 94 valence electrons. The molecule has 0 radical (unpaired) electrons. The van der Waals surface area contributed by atoms with Crippen LogP contribution < -0.4 is 5.32 Å². The predicted octanol–water partition coefficient (Wildman–Crippen LogP) is 3.64. The lowest BCUT2D eigenvalue weighted by molar-refractivity contribution is -0.121. The summed E-state index contributed by atoms with van der Waals surface area (Å²) in [4.78, 5) is 11.6. The van der Waals surface area contributed by atoms with Gasteiger partial charge in [0.1, 0.15) is 5.38 Å². The molecule has 18 heavy (non-hydrogen) atoms. The van der Waals surface area contributed by atoms with Crippen LogP contribution in [0.4, 0.5) is 0 Å². The Morgan fingerprint density at radius 3 is 2.50 bits per heavy atom. The van der Waals surface area contributed by atoms with Crippen LogP contribution in [-0.4, -0.2) is 11.3 Å². The molecule has 0 aromatic heterocycles. The largest absolute Gasteiger partial charge is 0.348 e. The minimum atomic E-state index is -0.512. The maximum Gasteiger partial charge on any atom is 0.238 e. The lowest BCUT2D eigenvalue weighted by Crippen LogP contribution is -2.32. The standard InChI is InChI=1S/C15H16ClNO/c1-10(16)15(18)17-11(2)13-9-5-7-12-6-3-4-8-14(12)13/h3-11H,1-2H3,(H,17,18)/t10-,11+/m1/s1. The summed E-state index contributed by atoms with van der Waals surface area (Å²) in [5.41, 5.74) is 1.11. The highest BCUT2D eigenvalue weighted by atomic mass is 35.5. The summed E-state index contributed by atoms with van der Waals surface area (Å²) in [6.45, 7) is 3.64. The van der Waals surface area contributed by atoms with E-state index < -0.39 is 5.38 Å². The highest BCUT2D eigenvalue weighted by Gasteiger charge is 2.15. The molecule has 0 fully saturated rings. The van der Waals surface area contributed by atoms with E-state index in [0.29, 0.717) is 0 Å². The molecule has 0 heterocycles. The van der Waals surface area contributed by atoms with Gasteiger partial charge in [-0.3, -0.25) is 4.79 Å². The Morgan fingerprint density at radius 1 is 1.11 bits per heavy atom. The van der Waals surface area contributed by atoms with Crippen LogP contribution in [0.25, 0.3) is 10.8 Å². The van der Waals surface area contributed by atoms with Crippen molar-refractivity contribution in [1.29, 1.82) is 0 Å². The Morgan fingerprint density at radius 2 is 1.78 bits per heavy atom. The van der Waals surface area contributed by atoms with Crippen LogP contribution in [0.3, 0.4) is 0 Å². The fourth-order valence-electron chi connectivity index (χ4n) is 2.03. The number of amides is 1. The third kappa shape index (κ3) is 2.65. The van der Waals surface area contributed by atoms with E-state index in [2.05, 4.69) is 23.5 Å². The first-order chi connectivity index (χ1) is 8.59. The monoisotopic (exact) mass is 261 g/mol. The summed E-state index contributed by atoms with van der Waals surface area (Å²) in [5.74, 6) is -0.142. The Hall–Kier alpha value is -1.54. The average Bonchev–Trinajstić information content (AvgIpc) is 2.37. The Labute approximate surface area is 112 Å². The number of hydrogen-bond donors (Lipinski definition) is 1. The average molecular weight is 262 g/mol. The second-order valence-corrected chi connectivity index (χ2v) is 5.07. The van der Waals surface area contributed by atoms with Gasteiger partial charge in [-0.1, -0.05) is 42.5 Å². The second kappa shape index (κ2) is 5.40. The SMILES string of the molecule is C[C@H](NC(=O)[C@@H](C)Cl)c1cccc2ccccc12. The van der Waals surface area contributed by atoms with Crippen molar-refractivity contribution in [1.82, 2.24) is 5.32 Å². The number of halogens is 1. The summed E-state index contributed by atoms with van der Waals surface area (Å²) in [5, 5.41) is 4.74. The lowest BCUT2D eigenvalue weighted by atomic mass is 9.99. The molecule has 0 aliphatic rings. The summed E-state index contributed by atoms with van der Waals surface area (Å²) < 4.78 is 0. The molecular weight excluding hydrogens is 246 g/mol. The van der Waals surface area contributed by atoms with Gasteiger partial charge in [-0.05, 0) is 30.2 Å². The fourth-order valence-corrected chi connectivity index (χ4v) is 2.10. The van der Waals surface area contributed by atoms with Crippen LogP contribution in [0.1, 0.15) is 25.5 Å². The van der Waals surface area contributed by atoms with Crippen LogP contribution in [-0.2, 0) is 4.79 Å². The van der Waals surface area contributed by atoms with E-state index in [1.165, 1.54) is 5.39 Å². The molecule has 0 spiro atoms. The Kier molecular flexibility index (Phi) is 3.87. The first-order valence-electron chi connectivity index (χ1n) is 6.01. The summed E-state index contributed by atoms with van der Waals surface area (Å²) in [6.07, 6.45) is 0. The van der Waals surface area contributed by atoms with E-state index >= 15 is 0 Å². The van der Waals surface area contributed by atoms with Crippen LogP contribution in [0, 0.1) is 0 Å². The first kappa shape index (κ1) is 12.9. The number of nitrogens with one attached hydrogen (secondary N) is 1. The molecule has 2 atom stereocenters. The molecule has 2 nitrogen and oxygen atoms in total. The third-order valence-corrected chi connectivity index (χ3v) is 3.21. The fraction of sp³-hybridized carbons (Fsp3) is 0.267. The van der Waals surface area contributed by atoms with Gasteiger partial charge in [0.05, 0.1) is 6.04 Å². The van der Waals surface area contributed by atoms with Crippen molar-refractivity contribution in [3.05, 3.63) is 48.0 Å². The highest BCUT2D eigenvalue weighted by Crippen LogP contribution is 2.24. The van der Waals surface area contributed by atoms with Crippen LogP contribution >= 0.6 is 11.6 Å². The molecule has 0 aliphatic carbocycles. The summed E-state index contributed by atoms with van der Waals surface area (Å²) in [7, 11) is 0. The Bertz CT molecular complexity index is 560. The number of carbonyl (C=O) groups excluding carboxylic acids is 1. The molecule has 3 heteroatoms. The second-order valence-electron chi connectivity index (χ2n) is 4.41. The van der Waals surface area contributed by atoms with E-state index in [4.69, 9.17) is 11.6 Å². The maximum atomic E-state index is 11.6. The van der Waals surface area contributed by atoms with Crippen LogP contribution in [0.2, 0.25) is 0 Å².